The molecule has 1 aromatic carbocycles. The molecule has 4 rings (SSSR count). The molecule has 2 heterocycles. The summed E-state index contributed by atoms with van der Waals surface area (Å²) in [6, 6.07) is 5.98. The van der Waals surface area contributed by atoms with Gasteiger partial charge in [0.2, 0.25) is 0 Å². The van der Waals surface area contributed by atoms with E-state index in [1.807, 2.05) is 0 Å². The van der Waals surface area contributed by atoms with Crippen molar-refractivity contribution < 1.29 is 14.3 Å². The fraction of sp³-hybridized carbons (Fsp3) is 0.444. The molecule has 2 aliphatic rings. The maximum Gasteiger partial charge on any atom is 0.349 e. The highest BCUT2D eigenvalue weighted by molar-refractivity contribution is 6.31. The van der Waals surface area contributed by atoms with E-state index in [0.717, 1.165) is 13.1 Å². The standard InChI is InChI=1S/C18H19ClN2O4.ClH/c19-12-1-2-16-9(3-12)4-13(18(24)25-16)17(23)21-14-5-10-7-20-8-11(10)6-15(14)22;/h1-4,10-11,14-15,20,22H,5-8H2,(H,21,23);1H/t10-,11+,14-,15-;/m0./s1. The molecule has 0 bridgehead atoms. The van der Waals surface area contributed by atoms with Crippen LogP contribution in [-0.2, 0) is 0 Å². The van der Waals surface area contributed by atoms with Crippen LogP contribution < -0.4 is 16.3 Å². The smallest absolute Gasteiger partial charge is 0.349 e. The number of fused-ring (bicyclic) bond motifs is 2. The Labute approximate surface area is 161 Å². The SMILES string of the molecule is Cl.O=C(N[C@H]1C[C@H]2CNC[C@H]2C[C@@H]1O)c1cc2cc(Cl)ccc2oc1=O. The molecule has 2 fully saturated rings. The fourth-order valence-electron chi connectivity index (χ4n) is 3.95. The molecule has 0 unspecified atom stereocenters. The summed E-state index contributed by atoms with van der Waals surface area (Å²) < 4.78 is 5.21. The number of halogens is 2. The highest BCUT2D eigenvalue weighted by Crippen LogP contribution is 2.33. The third-order valence-electron chi connectivity index (χ3n) is 5.30. The van der Waals surface area contributed by atoms with Crippen LogP contribution in [0.25, 0.3) is 11.0 Å². The van der Waals surface area contributed by atoms with Crippen LogP contribution in [0.3, 0.4) is 0 Å². The van der Waals surface area contributed by atoms with Crippen molar-refractivity contribution >= 4 is 40.9 Å². The number of aliphatic hydroxyl groups is 1. The Bertz CT molecular complexity index is 885. The molecule has 1 saturated heterocycles. The molecule has 1 aliphatic heterocycles. The predicted molar refractivity (Wildman–Crippen MR) is 101 cm³/mol. The number of aliphatic hydroxyl groups excluding tert-OH is 1. The van der Waals surface area contributed by atoms with Crippen molar-refractivity contribution in [3.8, 4) is 0 Å². The normalized spacial score (nSPS) is 27.6. The van der Waals surface area contributed by atoms with Crippen molar-refractivity contribution in [1.29, 1.82) is 0 Å². The van der Waals surface area contributed by atoms with Crippen LogP contribution in [0.5, 0.6) is 0 Å². The molecule has 4 atom stereocenters. The Hall–Kier alpha value is -1.60. The number of benzene rings is 1. The Morgan fingerprint density at radius 2 is 1.96 bits per heavy atom. The van der Waals surface area contributed by atoms with E-state index in [0.29, 0.717) is 40.7 Å². The first-order chi connectivity index (χ1) is 12.0. The summed E-state index contributed by atoms with van der Waals surface area (Å²) in [4.78, 5) is 24.7. The van der Waals surface area contributed by atoms with Crippen molar-refractivity contribution in [1.82, 2.24) is 10.6 Å². The Morgan fingerprint density at radius 1 is 1.23 bits per heavy atom. The summed E-state index contributed by atoms with van der Waals surface area (Å²) >= 11 is 5.96. The minimum Gasteiger partial charge on any atom is -0.422 e. The first kappa shape index (κ1) is 19.2. The molecule has 26 heavy (non-hydrogen) atoms. The molecule has 3 N–H and O–H groups in total. The zero-order valence-corrected chi connectivity index (χ0v) is 15.5. The lowest BCUT2D eigenvalue weighted by Crippen LogP contribution is -2.50. The van der Waals surface area contributed by atoms with E-state index in [-0.39, 0.29) is 24.0 Å². The van der Waals surface area contributed by atoms with Crippen molar-refractivity contribution in [2.24, 2.45) is 11.8 Å². The first-order valence-electron chi connectivity index (χ1n) is 8.44. The molecule has 0 radical (unpaired) electrons. The van der Waals surface area contributed by atoms with Crippen molar-refractivity contribution in [3.05, 3.63) is 45.3 Å². The van der Waals surface area contributed by atoms with Crippen LogP contribution in [-0.4, -0.2) is 36.2 Å². The van der Waals surface area contributed by atoms with Gasteiger partial charge in [-0.1, -0.05) is 11.6 Å². The van der Waals surface area contributed by atoms with Gasteiger partial charge in [0.25, 0.3) is 5.91 Å². The number of amides is 1. The number of nitrogens with one attached hydrogen (secondary N) is 2. The van der Waals surface area contributed by atoms with E-state index >= 15 is 0 Å². The number of hydrogen-bond donors (Lipinski definition) is 3. The van der Waals surface area contributed by atoms with Crippen LogP contribution in [0.2, 0.25) is 5.02 Å². The molecule has 8 heteroatoms. The van der Waals surface area contributed by atoms with Crippen LogP contribution in [0.15, 0.2) is 33.5 Å². The third-order valence-corrected chi connectivity index (χ3v) is 5.54. The van der Waals surface area contributed by atoms with Gasteiger partial charge in [-0.25, -0.2) is 4.79 Å². The summed E-state index contributed by atoms with van der Waals surface area (Å²) in [5, 5.41) is 17.5. The minimum absolute atomic E-state index is 0. The number of carbonyl (C=O) groups excluding carboxylic acids is 1. The van der Waals surface area contributed by atoms with Gasteiger partial charge in [-0.05, 0) is 62.0 Å². The maximum absolute atomic E-state index is 12.6. The number of carbonyl (C=O) groups is 1. The van der Waals surface area contributed by atoms with Gasteiger partial charge < -0.3 is 20.2 Å². The summed E-state index contributed by atoms with van der Waals surface area (Å²) in [5.74, 6) is 0.376. The van der Waals surface area contributed by atoms with Crippen molar-refractivity contribution in [2.75, 3.05) is 13.1 Å². The van der Waals surface area contributed by atoms with Crippen molar-refractivity contribution in [3.63, 3.8) is 0 Å². The highest BCUT2D eigenvalue weighted by atomic mass is 35.5. The third kappa shape index (κ3) is 3.60. The molecule has 2 aromatic rings. The largest absolute Gasteiger partial charge is 0.422 e. The Balaban J connectivity index is 0.00000196. The lowest BCUT2D eigenvalue weighted by Gasteiger charge is -2.35. The summed E-state index contributed by atoms with van der Waals surface area (Å²) in [6.07, 6.45) is 0.756. The van der Waals surface area contributed by atoms with Crippen LogP contribution >= 0.6 is 24.0 Å². The molecular formula is C18H20Cl2N2O4. The molecule has 140 valence electrons. The van der Waals surface area contributed by atoms with Gasteiger partial charge in [-0.3, -0.25) is 4.79 Å². The fourth-order valence-corrected chi connectivity index (χ4v) is 4.13. The van der Waals surface area contributed by atoms with Gasteiger partial charge in [0.05, 0.1) is 12.1 Å². The van der Waals surface area contributed by atoms with Gasteiger partial charge in [0, 0.05) is 10.4 Å². The minimum atomic E-state index is -0.696. The van der Waals surface area contributed by atoms with Gasteiger partial charge >= 0.3 is 5.63 Å². The average molecular weight is 399 g/mol. The van der Waals surface area contributed by atoms with E-state index in [9.17, 15) is 14.7 Å². The Kier molecular flexibility index (Phi) is 5.58. The van der Waals surface area contributed by atoms with E-state index < -0.39 is 17.6 Å². The molecular weight excluding hydrogens is 379 g/mol. The van der Waals surface area contributed by atoms with E-state index in [1.165, 1.54) is 6.07 Å². The van der Waals surface area contributed by atoms with Gasteiger partial charge in [0.15, 0.2) is 0 Å². The lowest BCUT2D eigenvalue weighted by atomic mass is 9.77. The van der Waals surface area contributed by atoms with Crippen LogP contribution in [0, 0.1) is 11.8 Å². The Morgan fingerprint density at radius 3 is 2.73 bits per heavy atom. The average Bonchev–Trinajstić information content (AvgIpc) is 3.02. The molecule has 1 saturated carbocycles. The zero-order chi connectivity index (χ0) is 17.6. The van der Waals surface area contributed by atoms with E-state index in [1.54, 1.807) is 18.2 Å². The molecule has 0 spiro atoms. The van der Waals surface area contributed by atoms with E-state index in [4.69, 9.17) is 16.0 Å². The zero-order valence-electron chi connectivity index (χ0n) is 13.9. The maximum atomic E-state index is 12.6. The van der Waals surface area contributed by atoms with Crippen molar-refractivity contribution in [2.45, 2.75) is 25.0 Å². The monoisotopic (exact) mass is 398 g/mol. The number of hydrogen-bond acceptors (Lipinski definition) is 5. The summed E-state index contributed by atoms with van der Waals surface area (Å²) in [5.41, 5.74) is -0.393. The lowest BCUT2D eigenvalue weighted by molar-refractivity contribution is 0.0461. The second-order valence-corrected chi connectivity index (χ2v) is 7.36. The van der Waals surface area contributed by atoms with E-state index in [2.05, 4.69) is 10.6 Å². The van der Waals surface area contributed by atoms with Crippen LogP contribution in [0.4, 0.5) is 0 Å². The molecule has 6 nitrogen and oxygen atoms in total. The molecule has 1 aromatic heterocycles. The van der Waals surface area contributed by atoms with Gasteiger partial charge in [-0.15, -0.1) is 12.4 Å². The summed E-state index contributed by atoms with van der Waals surface area (Å²) in [7, 11) is 0. The second-order valence-electron chi connectivity index (χ2n) is 6.93. The molecule has 1 amide bonds. The highest BCUT2D eigenvalue weighted by Gasteiger charge is 2.39. The topological polar surface area (TPSA) is 91.6 Å². The van der Waals surface area contributed by atoms with Crippen LogP contribution in [0.1, 0.15) is 23.2 Å². The predicted octanol–water partition coefficient (Wildman–Crippen LogP) is 1.96. The molecule has 1 aliphatic carbocycles. The second kappa shape index (κ2) is 7.56. The number of rotatable bonds is 2. The first-order valence-corrected chi connectivity index (χ1v) is 8.82. The summed E-state index contributed by atoms with van der Waals surface area (Å²) in [6.45, 7) is 1.82. The quantitative estimate of drug-likeness (QED) is 0.672. The van der Waals surface area contributed by atoms with Gasteiger partial charge in [-0.2, -0.15) is 0 Å². The van der Waals surface area contributed by atoms with Gasteiger partial charge in [0.1, 0.15) is 11.1 Å².